The fraction of sp³-hybridized carbons (Fsp3) is 0.500. The van der Waals surface area contributed by atoms with E-state index in [0.29, 0.717) is 24.0 Å². The molecule has 0 spiro atoms. The van der Waals surface area contributed by atoms with Gasteiger partial charge < -0.3 is 15.6 Å². The highest BCUT2D eigenvalue weighted by molar-refractivity contribution is 5.35. The van der Waals surface area contributed by atoms with Gasteiger partial charge in [0, 0.05) is 0 Å². The van der Waals surface area contributed by atoms with Crippen LogP contribution >= 0.6 is 0 Å². The molecule has 1 atom stereocenters. The maximum absolute atomic E-state index is 12.2. The summed E-state index contributed by atoms with van der Waals surface area (Å²) in [5.74, 6) is -0.312. The van der Waals surface area contributed by atoms with Gasteiger partial charge in [-0.3, -0.25) is 0 Å². The van der Waals surface area contributed by atoms with Crippen molar-refractivity contribution in [2.45, 2.75) is 32.2 Å². The summed E-state index contributed by atoms with van der Waals surface area (Å²) in [4.78, 5) is 0. The molecule has 0 aromatic heterocycles. The molecule has 0 unspecified atom stereocenters. The third-order valence-corrected chi connectivity index (χ3v) is 2.46. The fourth-order valence-electron chi connectivity index (χ4n) is 1.60. The molecule has 1 aromatic carbocycles. The molecule has 0 aliphatic carbocycles. The van der Waals surface area contributed by atoms with E-state index >= 15 is 0 Å². The van der Waals surface area contributed by atoms with Gasteiger partial charge in [-0.25, -0.2) is 0 Å². The monoisotopic (exact) mass is 263 g/mol. The van der Waals surface area contributed by atoms with Crippen LogP contribution in [0.3, 0.4) is 0 Å². The number of aryl methyl sites for hydroxylation is 1. The molecule has 0 amide bonds. The number of benzene rings is 1. The smallest absolute Gasteiger partial charge is 0.406 e. The molecular formula is C12H16F3NO2. The van der Waals surface area contributed by atoms with Gasteiger partial charge in [-0.05, 0) is 42.6 Å². The van der Waals surface area contributed by atoms with Crippen LogP contribution in [0.2, 0.25) is 0 Å². The van der Waals surface area contributed by atoms with Crippen molar-refractivity contribution in [2.24, 2.45) is 5.73 Å². The van der Waals surface area contributed by atoms with Crippen molar-refractivity contribution < 1.29 is 23.0 Å². The third kappa shape index (κ3) is 4.54. The zero-order valence-corrected chi connectivity index (χ0v) is 10.00. The molecule has 1 rings (SSSR count). The summed E-state index contributed by atoms with van der Waals surface area (Å²) >= 11 is 0. The Labute approximate surface area is 103 Å². The maximum atomic E-state index is 12.2. The second-order valence-corrected chi connectivity index (χ2v) is 3.90. The molecule has 0 saturated carbocycles. The van der Waals surface area contributed by atoms with Crippen molar-refractivity contribution in [1.82, 2.24) is 0 Å². The number of halogens is 3. The predicted octanol–water partition coefficient (Wildman–Crippen LogP) is 2.53. The molecule has 6 heteroatoms. The van der Waals surface area contributed by atoms with Crippen LogP contribution in [-0.4, -0.2) is 18.0 Å². The Balaban J connectivity index is 3.01. The Morgan fingerprint density at radius 2 is 2.00 bits per heavy atom. The fourth-order valence-corrected chi connectivity index (χ4v) is 1.60. The average molecular weight is 263 g/mol. The summed E-state index contributed by atoms with van der Waals surface area (Å²) < 4.78 is 40.3. The maximum Gasteiger partial charge on any atom is 0.573 e. The van der Waals surface area contributed by atoms with Crippen LogP contribution in [0.5, 0.6) is 5.75 Å². The number of aliphatic hydroxyl groups is 1. The highest BCUT2D eigenvalue weighted by Gasteiger charge is 2.31. The van der Waals surface area contributed by atoms with E-state index in [1.165, 1.54) is 12.1 Å². The van der Waals surface area contributed by atoms with E-state index in [9.17, 15) is 18.3 Å². The molecule has 0 saturated heterocycles. The molecular weight excluding hydrogens is 247 g/mol. The average Bonchev–Trinajstić information content (AvgIpc) is 2.26. The zero-order valence-electron chi connectivity index (χ0n) is 10.00. The highest BCUT2D eigenvalue weighted by atomic mass is 19.4. The first-order valence-electron chi connectivity index (χ1n) is 5.63. The summed E-state index contributed by atoms with van der Waals surface area (Å²) in [7, 11) is 0. The second-order valence-electron chi connectivity index (χ2n) is 3.90. The normalized spacial score (nSPS) is 13.4. The number of alkyl halides is 3. The molecule has 0 aliphatic rings. The summed E-state index contributed by atoms with van der Waals surface area (Å²) in [5, 5.41) is 9.75. The van der Waals surface area contributed by atoms with Gasteiger partial charge in [0.25, 0.3) is 0 Å². The molecule has 0 bridgehead atoms. The Bertz CT molecular complexity index is 393. The number of nitrogens with two attached hydrogens (primary N) is 1. The topological polar surface area (TPSA) is 55.5 Å². The van der Waals surface area contributed by atoms with Crippen molar-refractivity contribution in [3.63, 3.8) is 0 Å². The highest BCUT2D eigenvalue weighted by Crippen LogP contribution is 2.28. The molecule has 1 aromatic rings. The van der Waals surface area contributed by atoms with Crippen LogP contribution in [0.1, 0.15) is 30.6 Å². The minimum Gasteiger partial charge on any atom is -0.406 e. The van der Waals surface area contributed by atoms with Crippen LogP contribution in [0, 0.1) is 0 Å². The second kappa shape index (κ2) is 6.06. The summed E-state index contributed by atoms with van der Waals surface area (Å²) in [6, 6.07) is 4.16. The van der Waals surface area contributed by atoms with Gasteiger partial charge in [-0.15, -0.1) is 13.2 Å². The van der Waals surface area contributed by atoms with Crippen LogP contribution in [0.4, 0.5) is 13.2 Å². The van der Waals surface area contributed by atoms with Crippen molar-refractivity contribution in [3.8, 4) is 5.75 Å². The summed E-state index contributed by atoms with van der Waals surface area (Å²) in [6.45, 7) is 2.07. The summed E-state index contributed by atoms with van der Waals surface area (Å²) in [5.41, 5.74) is 6.36. The van der Waals surface area contributed by atoms with Crippen molar-refractivity contribution in [2.75, 3.05) is 6.54 Å². The van der Waals surface area contributed by atoms with E-state index in [1.54, 1.807) is 6.07 Å². The van der Waals surface area contributed by atoms with E-state index < -0.39 is 12.5 Å². The van der Waals surface area contributed by atoms with E-state index in [-0.39, 0.29) is 12.3 Å². The Morgan fingerprint density at radius 3 is 2.50 bits per heavy atom. The Hall–Kier alpha value is -1.27. The Morgan fingerprint density at radius 1 is 1.33 bits per heavy atom. The van der Waals surface area contributed by atoms with Gasteiger partial charge in [-0.2, -0.15) is 0 Å². The van der Waals surface area contributed by atoms with Gasteiger partial charge in [0.15, 0.2) is 0 Å². The molecule has 0 radical (unpaired) electrons. The summed E-state index contributed by atoms with van der Waals surface area (Å²) in [6.07, 6.45) is -4.77. The standard InChI is InChI=1S/C12H16F3NO2/c1-2-8-5-9(11(17)3-4-16)7-10(6-8)18-12(13,14)15/h5-7,11,17H,2-4,16H2,1H3/t11-/m0/s1. The van der Waals surface area contributed by atoms with Gasteiger partial charge >= 0.3 is 6.36 Å². The van der Waals surface area contributed by atoms with Crippen LogP contribution in [0.15, 0.2) is 18.2 Å². The molecule has 102 valence electrons. The largest absolute Gasteiger partial charge is 0.573 e. The molecule has 3 nitrogen and oxygen atoms in total. The minimum absolute atomic E-state index is 0.257. The first-order valence-corrected chi connectivity index (χ1v) is 5.63. The predicted molar refractivity (Wildman–Crippen MR) is 61.1 cm³/mol. The van der Waals surface area contributed by atoms with Gasteiger partial charge in [0.05, 0.1) is 6.10 Å². The number of aliphatic hydroxyl groups excluding tert-OH is 1. The number of ether oxygens (including phenoxy) is 1. The lowest BCUT2D eigenvalue weighted by Crippen LogP contribution is -2.17. The number of rotatable bonds is 5. The SMILES string of the molecule is CCc1cc(OC(F)(F)F)cc([C@@H](O)CCN)c1. The first-order chi connectivity index (χ1) is 8.35. The van der Waals surface area contributed by atoms with Crippen LogP contribution in [0.25, 0.3) is 0 Å². The van der Waals surface area contributed by atoms with Crippen molar-refractivity contribution in [3.05, 3.63) is 29.3 Å². The zero-order chi connectivity index (χ0) is 13.8. The molecule has 18 heavy (non-hydrogen) atoms. The van der Waals surface area contributed by atoms with Crippen molar-refractivity contribution in [1.29, 1.82) is 0 Å². The van der Waals surface area contributed by atoms with Crippen LogP contribution < -0.4 is 10.5 Å². The van der Waals surface area contributed by atoms with Gasteiger partial charge in [0.2, 0.25) is 0 Å². The van der Waals surface area contributed by atoms with Crippen LogP contribution in [-0.2, 0) is 6.42 Å². The third-order valence-electron chi connectivity index (χ3n) is 2.46. The van der Waals surface area contributed by atoms with Gasteiger partial charge in [0.1, 0.15) is 5.75 Å². The minimum atomic E-state index is -4.73. The molecule has 3 N–H and O–H groups in total. The lowest BCUT2D eigenvalue weighted by atomic mass is 10.0. The van der Waals surface area contributed by atoms with Crippen molar-refractivity contribution >= 4 is 0 Å². The number of hydrogen-bond acceptors (Lipinski definition) is 3. The molecule has 0 fully saturated rings. The lowest BCUT2D eigenvalue weighted by Gasteiger charge is -2.15. The van der Waals surface area contributed by atoms with E-state index in [0.717, 1.165) is 0 Å². The number of hydrogen-bond donors (Lipinski definition) is 2. The quantitative estimate of drug-likeness (QED) is 0.858. The van der Waals surface area contributed by atoms with E-state index in [2.05, 4.69) is 4.74 Å². The van der Waals surface area contributed by atoms with E-state index in [4.69, 9.17) is 5.73 Å². The van der Waals surface area contributed by atoms with E-state index in [1.807, 2.05) is 6.92 Å². The molecule has 0 aliphatic heterocycles. The Kier molecular flexibility index (Phi) is 4.98. The van der Waals surface area contributed by atoms with Gasteiger partial charge in [-0.1, -0.05) is 13.0 Å². The first kappa shape index (κ1) is 14.8. The molecule has 0 heterocycles. The lowest BCUT2D eigenvalue weighted by molar-refractivity contribution is -0.274.